The van der Waals surface area contributed by atoms with E-state index in [2.05, 4.69) is 54.2 Å². The molecule has 21 heavy (non-hydrogen) atoms. The molecule has 1 aliphatic heterocycles. The Morgan fingerprint density at radius 3 is 2.24 bits per heavy atom. The molecular formula is C13H15F3O3S2. The number of benzene rings is 1. The van der Waals surface area contributed by atoms with Crippen LogP contribution >= 0.6 is 11.8 Å². The van der Waals surface area contributed by atoms with E-state index in [1.54, 1.807) is 0 Å². The Kier molecular flexibility index (Phi) is 6.76. The highest BCUT2D eigenvalue weighted by Crippen LogP contribution is 2.27. The Morgan fingerprint density at radius 2 is 1.81 bits per heavy atom. The lowest BCUT2D eigenvalue weighted by atomic mass is 10.2. The van der Waals surface area contributed by atoms with Gasteiger partial charge < -0.3 is 0 Å². The Morgan fingerprint density at radius 1 is 1.24 bits per heavy atom. The molecule has 0 bridgehead atoms. The number of thioether (sulfide) groups is 1. The van der Waals surface area contributed by atoms with Crippen molar-refractivity contribution in [3.63, 3.8) is 0 Å². The molecule has 0 amide bonds. The van der Waals surface area contributed by atoms with Crippen molar-refractivity contribution in [2.45, 2.75) is 23.6 Å². The fraction of sp³-hybridized carbons (Fsp3) is 0.385. The number of halogens is 3. The van der Waals surface area contributed by atoms with Gasteiger partial charge in [0.15, 0.2) is 0 Å². The molecule has 1 saturated heterocycles. The van der Waals surface area contributed by atoms with Crippen LogP contribution in [0.25, 0.3) is 6.08 Å². The number of alkyl halides is 3. The number of hydrogen-bond donors (Lipinski definition) is 1. The minimum absolute atomic E-state index is 0.764. The second-order valence-electron chi connectivity index (χ2n) is 4.24. The average Bonchev–Trinajstić information content (AvgIpc) is 2.89. The molecule has 0 spiro atoms. The van der Waals surface area contributed by atoms with E-state index in [1.807, 2.05) is 0 Å². The summed E-state index contributed by atoms with van der Waals surface area (Å²) in [6, 6.07) is 10.5. The van der Waals surface area contributed by atoms with E-state index in [0.717, 1.165) is 5.25 Å². The van der Waals surface area contributed by atoms with Gasteiger partial charge in [0, 0.05) is 5.25 Å². The van der Waals surface area contributed by atoms with Crippen LogP contribution in [-0.2, 0) is 10.1 Å². The summed E-state index contributed by atoms with van der Waals surface area (Å²) in [4.78, 5) is 0. The maximum atomic E-state index is 10.7. The van der Waals surface area contributed by atoms with Crippen LogP contribution in [-0.4, -0.2) is 29.5 Å². The SMILES string of the molecule is C(=C\C1CCCS1)/c1ccccc1.O=S(=O)(O)C(F)(F)F. The quantitative estimate of drug-likeness (QED) is 0.653. The third kappa shape index (κ3) is 7.01. The minimum Gasteiger partial charge on any atom is -0.279 e. The first-order chi connectivity index (χ1) is 9.70. The van der Waals surface area contributed by atoms with Gasteiger partial charge in [0.05, 0.1) is 0 Å². The lowest BCUT2D eigenvalue weighted by Crippen LogP contribution is -2.21. The average molecular weight is 340 g/mol. The van der Waals surface area contributed by atoms with Crippen molar-refractivity contribution in [2.24, 2.45) is 0 Å². The largest absolute Gasteiger partial charge is 0.522 e. The van der Waals surface area contributed by atoms with E-state index in [-0.39, 0.29) is 0 Å². The highest BCUT2D eigenvalue weighted by atomic mass is 32.2. The van der Waals surface area contributed by atoms with Crippen molar-refractivity contribution in [1.29, 1.82) is 0 Å². The molecule has 3 nitrogen and oxygen atoms in total. The van der Waals surface area contributed by atoms with Crippen LogP contribution in [0.3, 0.4) is 0 Å². The van der Waals surface area contributed by atoms with E-state index in [1.165, 1.54) is 24.2 Å². The normalized spacial score (nSPS) is 19.3. The summed E-state index contributed by atoms with van der Waals surface area (Å²) < 4.78 is 57.5. The Bertz CT molecular complexity index is 548. The van der Waals surface area contributed by atoms with Crippen LogP contribution in [0.5, 0.6) is 0 Å². The zero-order chi connectivity index (χ0) is 15.9. The van der Waals surface area contributed by atoms with E-state index in [4.69, 9.17) is 13.0 Å². The molecule has 1 aromatic rings. The van der Waals surface area contributed by atoms with Gasteiger partial charge in [-0.3, -0.25) is 4.55 Å². The standard InChI is InChI=1S/C12H14S.CHF3O3S/c1-2-5-11(6-3-1)8-9-12-7-4-10-13-12;2-1(3,4)8(5,6)7/h1-3,5-6,8-9,12H,4,7,10H2;(H,5,6,7)/b9-8+;. The van der Waals surface area contributed by atoms with Crippen LogP contribution in [0, 0.1) is 0 Å². The predicted molar refractivity (Wildman–Crippen MR) is 78.6 cm³/mol. The summed E-state index contributed by atoms with van der Waals surface area (Å²) in [5.74, 6) is 1.34. The second kappa shape index (κ2) is 7.86. The molecule has 0 saturated carbocycles. The third-order valence-electron chi connectivity index (χ3n) is 2.56. The van der Waals surface area contributed by atoms with Crippen molar-refractivity contribution in [3.05, 3.63) is 42.0 Å². The van der Waals surface area contributed by atoms with E-state index >= 15 is 0 Å². The number of hydrogen-bond acceptors (Lipinski definition) is 3. The molecule has 1 atom stereocenters. The lowest BCUT2D eigenvalue weighted by Gasteiger charge is -1.99. The maximum Gasteiger partial charge on any atom is 0.522 e. The molecule has 118 valence electrons. The lowest BCUT2D eigenvalue weighted by molar-refractivity contribution is -0.0510. The Labute approximate surface area is 126 Å². The molecule has 1 unspecified atom stereocenters. The first-order valence-electron chi connectivity index (χ1n) is 6.09. The van der Waals surface area contributed by atoms with Crippen LogP contribution in [0.15, 0.2) is 36.4 Å². The van der Waals surface area contributed by atoms with Crippen LogP contribution < -0.4 is 0 Å². The molecule has 1 heterocycles. The molecule has 2 rings (SSSR count). The van der Waals surface area contributed by atoms with Crippen LogP contribution in [0.1, 0.15) is 18.4 Å². The molecule has 1 N–H and O–H groups in total. The summed E-state index contributed by atoms with van der Waals surface area (Å²) in [6.45, 7) is 0. The third-order valence-corrected chi connectivity index (χ3v) is 4.49. The van der Waals surface area contributed by atoms with Gasteiger partial charge in [0.1, 0.15) is 0 Å². The Balaban J connectivity index is 0.000000240. The maximum absolute atomic E-state index is 10.7. The first-order valence-corrected chi connectivity index (χ1v) is 8.57. The van der Waals surface area contributed by atoms with Gasteiger partial charge >= 0.3 is 15.6 Å². The molecule has 0 radical (unpaired) electrons. The van der Waals surface area contributed by atoms with Gasteiger partial charge in [-0.2, -0.15) is 33.4 Å². The van der Waals surface area contributed by atoms with Gasteiger partial charge in [-0.25, -0.2) is 0 Å². The van der Waals surface area contributed by atoms with Gasteiger partial charge in [-0.1, -0.05) is 42.5 Å². The summed E-state index contributed by atoms with van der Waals surface area (Å²) in [6.07, 6.45) is 7.32. The summed E-state index contributed by atoms with van der Waals surface area (Å²) in [7, 11) is -5.84. The van der Waals surface area contributed by atoms with E-state index in [9.17, 15) is 13.2 Å². The first kappa shape index (κ1) is 18.1. The van der Waals surface area contributed by atoms with Crippen molar-refractivity contribution in [3.8, 4) is 0 Å². The topological polar surface area (TPSA) is 54.4 Å². The molecule has 8 heteroatoms. The van der Waals surface area contributed by atoms with E-state index in [0.29, 0.717) is 0 Å². The van der Waals surface area contributed by atoms with Crippen LogP contribution in [0.4, 0.5) is 13.2 Å². The zero-order valence-electron chi connectivity index (χ0n) is 11.0. The highest BCUT2D eigenvalue weighted by molar-refractivity contribution is 8.00. The number of rotatable bonds is 2. The fourth-order valence-corrected chi connectivity index (χ4v) is 2.70. The zero-order valence-corrected chi connectivity index (χ0v) is 12.6. The van der Waals surface area contributed by atoms with Crippen molar-refractivity contribution >= 4 is 28.0 Å². The van der Waals surface area contributed by atoms with Crippen molar-refractivity contribution in [1.82, 2.24) is 0 Å². The minimum atomic E-state index is -5.84. The van der Waals surface area contributed by atoms with Gasteiger partial charge in [-0.15, -0.1) is 0 Å². The molecule has 1 aliphatic rings. The van der Waals surface area contributed by atoms with E-state index < -0.39 is 15.6 Å². The summed E-state index contributed by atoms with van der Waals surface area (Å²) in [5, 5.41) is 0.764. The predicted octanol–water partition coefficient (Wildman–Crippen LogP) is 3.99. The molecule has 0 aliphatic carbocycles. The van der Waals surface area contributed by atoms with Crippen LogP contribution in [0.2, 0.25) is 0 Å². The molecule has 1 aromatic carbocycles. The Hall–Kier alpha value is -0.990. The highest BCUT2D eigenvalue weighted by Gasteiger charge is 2.44. The fourth-order valence-electron chi connectivity index (χ4n) is 1.54. The van der Waals surface area contributed by atoms with Gasteiger partial charge in [0.2, 0.25) is 0 Å². The van der Waals surface area contributed by atoms with Gasteiger partial charge in [-0.05, 0) is 24.2 Å². The smallest absolute Gasteiger partial charge is 0.279 e. The summed E-state index contributed by atoms with van der Waals surface area (Å²) >= 11 is 2.07. The molecular weight excluding hydrogens is 325 g/mol. The molecule has 1 fully saturated rings. The second-order valence-corrected chi connectivity index (χ2v) is 7.00. The molecule has 0 aromatic heterocycles. The summed E-state index contributed by atoms with van der Waals surface area (Å²) in [5.41, 5.74) is -4.22. The van der Waals surface area contributed by atoms with Crippen molar-refractivity contribution < 1.29 is 26.1 Å². The monoisotopic (exact) mass is 340 g/mol. The van der Waals surface area contributed by atoms with Gasteiger partial charge in [0.25, 0.3) is 0 Å². The van der Waals surface area contributed by atoms with Crippen molar-refractivity contribution in [2.75, 3.05) is 5.75 Å².